The zero-order chi connectivity index (χ0) is 13.1. The third kappa shape index (κ3) is 12.2. The van der Waals surface area contributed by atoms with Crippen molar-refractivity contribution < 1.29 is 4.79 Å². The first-order chi connectivity index (χ1) is 8.06. The van der Waals surface area contributed by atoms with Crippen LogP contribution in [0.1, 0.15) is 28.2 Å². The fourth-order valence-electron chi connectivity index (χ4n) is 1.02. The standard InChI is InChI=1S/C16H20O.CH4/c1-14(2)8-5-9-15(3)10-6-11-16(4)12-7-13-17;/h5-13H,1H2,2-4H3;1H4. The van der Waals surface area contributed by atoms with Gasteiger partial charge in [0, 0.05) is 0 Å². The Morgan fingerprint density at radius 1 is 0.833 bits per heavy atom. The van der Waals surface area contributed by atoms with Crippen LogP contribution in [-0.2, 0) is 4.79 Å². The van der Waals surface area contributed by atoms with E-state index >= 15 is 0 Å². The molecule has 0 aromatic rings. The van der Waals surface area contributed by atoms with E-state index in [4.69, 9.17) is 0 Å². The molecule has 0 aliphatic heterocycles. The van der Waals surface area contributed by atoms with Gasteiger partial charge in [0.15, 0.2) is 0 Å². The molecule has 0 aliphatic rings. The Kier molecular flexibility index (Phi) is 11.9. The molecule has 1 heteroatoms. The summed E-state index contributed by atoms with van der Waals surface area (Å²) in [5, 5.41) is 0. The molecule has 0 N–H and O–H groups in total. The van der Waals surface area contributed by atoms with Crippen LogP contribution in [0, 0.1) is 0 Å². The van der Waals surface area contributed by atoms with Gasteiger partial charge in [-0.05, 0) is 26.8 Å². The van der Waals surface area contributed by atoms with Crippen molar-refractivity contribution in [1.82, 2.24) is 0 Å². The number of rotatable bonds is 6. The van der Waals surface area contributed by atoms with Gasteiger partial charge < -0.3 is 0 Å². The Bertz CT molecular complexity index is 401. The second kappa shape index (κ2) is 11.6. The van der Waals surface area contributed by atoms with E-state index in [1.807, 2.05) is 57.2 Å². The smallest absolute Gasteiger partial charge is 0.142 e. The summed E-state index contributed by atoms with van der Waals surface area (Å²) in [6.45, 7) is 9.73. The molecule has 0 aromatic heterocycles. The highest BCUT2D eigenvalue weighted by Crippen LogP contribution is 2.00. The van der Waals surface area contributed by atoms with E-state index in [0.29, 0.717) is 0 Å². The summed E-state index contributed by atoms with van der Waals surface area (Å²) < 4.78 is 0. The molecule has 0 saturated carbocycles. The van der Waals surface area contributed by atoms with Crippen molar-refractivity contribution >= 4 is 6.29 Å². The minimum Gasteiger partial charge on any atom is -0.299 e. The Morgan fingerprint density at radius 3 is 1.72 bits per heavy atom. The minimum absolute atomic E-state index is 0. The molecule has 98 valence electrons. The molecule has 1 nitrogen and oxygen atoms in total. The third-order valence-electron chi connectivity index (χ3n) is 1.90. The van der Waals surface area contributed by atoms with Gasteiger partial charge >= 0.3 is 0 Å². The quantitative estimate of drug-likeness (QED) is 0.367. The molecule has 0 aromatic carbocycles. The van der Waals surface area contributed by atoms with Crippen LogP contribution >= 0.6 is 0 Å². The molecule has 0 aliphatic carbocycles. The van der Waals surface area contributed by atoms with E-state index in [0.717, 1.165) is 23.0 Å². The average molecular weight is 244 g/mol. The van der Waals surface area contributed by atoms with Gasteiger partial charge in [-0.3, -0.25) is 4.79 Å². The van der Waals surface area contributed by atoms with Crippen LogP contribution in [0.4, 0.5) is 0 Å². The maximum absolute atomic E-state index is 10.1. The molecule has 0 fully saturated rings. The lowest BCUT2D eigenvalue weighted by Crippen LogP contribution is -1.69. The predicted octanol–water partition coefficient (Wildman–Crippen LogP) is 4.96. The second-order valence-electron chi connectivity index (χ2n) is 3.88. The van der Waals surface area contributed by atoms with Crippen molar-refractivity contribution in [2.75, 3.05) is 0 Å². The molecular formula is C17H24O. The highest BCUT2D eigenvalue weighted by molar-refractivity contribution is 5.65. The van der Waals surface area contributed by atoms with E-state index in [1.54, 1.807) is 6.08 Å². The Morgan fingerprint density at radius 2 is 1.28 bits per heavy atom. The molecular weight excluding hydrogens is 220 g/mol. The summed E-state index contributed by atoms with van der Waals surface area (Å²) >= 11 is 0. The summed E-state index contributed by atoms with van der Waals surface area (Å²) in [6.07, 6.45) is 15.9. The number of hydrogen-bond donors (Lipinski definition) is 0. The van der Waals surface area contributed by atoms with Gasteiger partial charge in [-0.25, -0.2) is 0 Å². The fraction of sp³-hybridized carbons (Fsp3) is 0.235. The number of allylic oxidation sites excluding steroid dienone is 11. The first-order valence-electron chi connectivity index (χ1n) is 5.53. The van der Waals surface area contributed by atoms with Gasteiger partial charge in [-0.1, -0.05) is 73.3 Å². The molecule has 18 heavy (non-hydrogen) atoms. The van der Waals surface area contributed by atoms with E-state index in [9.17, 15) is 4.79 Å². The highest BCUT2D eigenvalue weighted by Gasteiger charge is 1.80. The number of carbonyl (C=O) groups excluding carboxylic acids is 1. The van der Waals surface area contributed by atoms with Crippen LogP contribution < -0.4 is 0 Å². The van der Waals surface area contributed by atoms with Crippen molar-refractivity contribution in [3.8, 4) is 0 Å². The Labute approximate surface area is 112 Å². The molecule has 0 saturated heterocycles. The fourth-order valence-corrected chi connectivity index (χ4v) is 1.02. The molecule has 0 atom stereocenters. The van der Waals surface area contributed by atoms with E-state index in [-0.39, 0.29) is 7.43 Å². The van der Waals surface area contributed by atoms with Crippen LogP contribution in [0.15, 0.2) is 71.9 Å². The average Bonchev–Trinajstić information content (AvgIpc) is 2.25. The van der Waals surface area contributed by atoms with Gasteiger partial charge in [0.2, 0.25) is 0 Å². The molecule has 0 spiro atoms. The number of carbonyl (C=O) groups is 1. The first-order valence-corrected chi connectivity index (χ1v) is 5.53. The van der Waals surface area contributed by atoms with Gasteiger partial charge in [0.05, 0.1) is 0 Å². The van der Waals surface area contributed by atoms with E-state index in [1.165, 1.54) is 6.08 Å². The lowest BCUT2D eigenvalue weighted by atomic mass is 10.2. The van der Waals surface area contributed by atoms with Gasteiger partial charge in [-0.15, -0.1) is 0 Å². The summed E-state index contributed by atoms with van der Waals surface area (Å²) in [7, 11) is 0. The molecule has 0 heterocycles. The van der Waals surface area contributed by atoms with Crippen LogP contribution in [0.5, 0.6) is 0 Å². The summed E-state index contributed by atoms with van der Waals surface area (Å²) in [5.74, 6) is 0. The third-order valence-corrected chi connectivity index (χ3v) is 1.90. The van der Waals surface area contributed by atoms with Gasteiger partial charge in [-0.2, -0.15) is 0 Å². The van der Waals surface area contributed by atoms with Crippen molar-refractivity contribution in [3.63, 3.8) is 0 Å². The largest absolute Gasteiger partial charge is 0.299 e. The van der Waals surface area contributed by atoms with Crippen molar-refractivity contribution in [3.05, 3.63) is 71.9 Å². The second-order valence-corrected chi connectivity index (χ2v) is 3.88. The SMILES string of the molecule is C.C=C(C)C=CC=C(C)C=CC=C(C)C=CC=O. The molecule has 0 unspecified atom stereocenters. The number of hydrogen-bond acceptors (Lipinski definition) is 1. The zero-order valence-electron chi connectivity index (χ0n) is 10.8. The lowest BCUT2D eigenvalue weighted by Gasteiger charge is -1.89. The normalized spacial score (nSPS) is 13.3. The Hall–Kier alpha value is -1.89. The summed E-state index contributed by atoms with van der Waals surface area (Å²) in [5.41, 5.74) is 3.23. The molecule has 0 rings (SSSR count). The molecule has 0 bridgehead atoms. The van der Waals surface area contributed by atoms with Crippen LogP contribution in [0.25, 0.3) is 0 Å². The lowest BCUT2D eigenvalue weighted by molar-refractivity contribution is -0.104. The zero-order valence-corrected chi connectivity index (χ0v) is 10.8. The summed E-state index contributed by atoms with van der Waals surface area (Å²) in [4.78, 5) is 10.1. The van der Waals surface area contributed by atoms with Gasteiger partial charge in [0.25, 0.3) is 0 Å². The monoisotopic (exact) mass is 244 g/mol. The van der Waals surface area contributed by atoms with Crippen molar-refractivity contribution in [2.45, 2.75) is 28.2 Å². The molecule has 0 amide bonds. The van der Waals surface area contributed by atoms with Crippen molar-refractivity contribution in [1.29, 1.82) is 0 Å². The predicted molar refractivity (Wildman–Crippen MR) is 82.5 cm³/mol. The highest BCUT2D eigenvalue weighted by atomic mass is 16.1. The minimum atomic E-state index is 0. The van der Waals surface area contributed by atoms with Crippen LogP contribution in [0.3, 0.4) is 0 Å². The maximum atomic E-state index is 10.1. The van der Waals surface area contributed by atoms with Crippen molar-refractivity contribution in [2.24, 2.45) is 0 Å². The number of aldehydes is 1. The Balaban J connectivity index is 0. The maximum Gasteiger partial charge on any atom is 0.142 e. The van der Waals surface area contributed by atoms with Crippen LogP contribution in [-0.4, -0.2) is 6.29 Å². The topological polar surface area (TPSA) is 17.1 Å². The first kappa shape index (κ1) is 18.5. The van der Waals surface area contributed by atoms with Crippen LogP contribution in [0.2, 0.25) is 0 Å². The molecule has 0 radical (unpaired) electrons. The van der Waals surface area contributed by atoms with E-state index in [2.05, 4.69) is 6.58 Å². The van der Waals surface area contributed by atoms with E-state index < -0.39 is 0 Å². The van der Waals surface area contributed by atoms with Gasteiger partial charge in [0.1, 0.15) is 6.29 Å². The summed E-state index contributed by atoms with van der Waals surface area (Å²) in [6, 6.07) is 0.